The number of carboxylic acids is 2. The summed E-state index contributed by atoms with van der Waals surface area (Å²) in [5, 5.41) is 21.7. The third-order valence-electron chi connectivity index (χ3n) is 7.57. The van der Waals surface area contributed by atoms with E-state index in [1.165, 1.54) is 102 Å². The zero-order valence-corrected chi connectivity index (χ0v) is 25.0. The Morgan fingerprint density at radius 1 is 0.590 bits per heavy atom. The monoisotopic (exact) mass is 547 g/mol. The minimum Gasteiger partial charge on any atom is -0.478 e. The van der Waals surface area contributed by atoms with Gasteiger partial charge >= 0.3 is 17.5 Å². The Morgan fingerprint density at radius 2 is 0.923 bits per heavy atom. The largest absolute Gasteiger partial charge is 0.478 e. The summed E-state index contributed by atoms with van der Waals surface area (Å²) < 4.78 is 0. The van der Waals surface area contributed by atoms with Crippen LogP contribution in [0.1, 0.15) is 148 Å². The summed E-state index contributed by atoms with van der Waals surface area (Å²) in [6.45, 7) is 5.53. The van der Waals surface area contributed by atoms with E-state index in [2.05, 4.69) is 13.8 Å². The van der Waals surface area contributed by atoms with Gasteiger partial charge in [-0.25, -0.2) is 9.59 Å². The van der Waals surface area contributed by atoms with Crippen LogP contribution in [-0.4, -0.2) is 40.3 Å². The fraction of sp³-hybridized carbons (Fsp3) is 0.758. The number of unbranched alkanes of at least 4 members (excludes halogenated alkanes) is 18. The molecule has 0 atom stereocenters. The van der Waals surface area contributed by atoms with Gasteiger partial charge in [0.05, 0.1) is 0 Å². The summed E-state index contributed by atoms with van der Waals surface area (Å²) >= 11 is 0. The topological polar surface area (TPSA) is 87.1 Å². The molecule has 0 saturated carbocycles. The van der Waals surface area contributed by atoms with Crippen LogP contribution in [0, 0.1) is 0 Å². The number of carboxylic acid groups (broad SMARTS) is 2. The first-order chi connectivity index (χ1) is 19.0. The number of benzene rings is 1. The molecule has 0 aliphatic heterocycles. The van der Waals surface area contributed by atoms with Crippen LogP contribution >= 0.6 is 0 Å². The molecule has 6 heteroatoms. The van der Waals surface area contributed by atoms with Gasteiger partial charge in [-0.05, 0) is 12.8 Å². The standard InChI is InChI=1S/C33H57NO5/c1-3-5-7-9-11-13-15-17-19-24-28-34(29-25-20-18-16-14-12-10-8-6-4-2)39-33(31(35)36,32(37)38)30-26-22-21-23-27-30/h21-23,26-27H,3-20,24-25,28-29H2,1-2H3,(H,35,36)(H,37,38). The molecule has 1 rings (SSSR count). The summed E-state index contributed by atoms with van der Waals surface area (Å²) in [6, 6.07) is 8.06. The van der Waals surface area contributed by atoms with Crippen LogP contribution < -0.4 is 0 Å². The van der Waals surface area contributed by atoms with Crippen molar-refractivity contribution >= 4 is 11.9 Å². The van der Waals surface area contributed by atoms with Crippen molar-refractivity contribution in [2.24, 2.45) is 0 Å². The summed E-state index contributed by atoms with van der Waals surface area (Å²) in [5.74, 6) is -3.00. The molecule has 2 N–H and O–H groups in total. The molecule has 1 aromatic rings. The maximum absolute atomic E-state index is 12.4. The molecule has 224 valence electrons. The number of hydrogen-bond acceptors (Lipinski definition) is 4. The predicted molar refractivity (Wildman–Crippen MR) is 160 cm³/mol. The van der Waals surface area contributed by atoms with Gasteiger partial charge < -0.3 is 10.2 Å². The van der Waals surface area contributed by atoms with E-state index in [9.17, 15) is 19.8 Å². The van der Waals surface area contributed by atoms with Gasteiger partial charge in [0.1, 0.15) is 0 Å². The van der Waals surface area contributed by atoms with Crippen molar-refractivity contribution < 1.29 is 24.6 Å². The van der Waals surface area contributed by atoms with Gasteiger partial charge in [-0.2, -0.15) is 5.06 Å². The molecule has 0 unspecified atom stereocenters. The van der Waals surface area contributed by atoms with Gasteiger partial charge in [0.15, 0.2) is 0 Å². The Labute approximate surface area is 238 Å². The Hall–Kier alpha value is -1.92. The van der Waals surface area contributed by atoms with Gasteiger partial charge in [-0.3, -0.25) is 4.84 Å². The number of aliphatic carboxylic acids is 2. The fourth-order valence-electron chi connectivity index (χ4n) is 5.09. The lowest BCUT2D eigenvalue weighted by molar-refractivity contribution is -0.257. The highest BCUT2D eigenvalue weighted by Crippen LogP contribution is 2.29. The van der Waals surface area contributed by atoms with E-state index in [-0.39, 0.29) is 5.56 Å². The highest BCUT2D eigenvalue weighted by atomic mass is 16.7. The molecule has 6 nitrogen and oxygen atoms in total. The highest BCUT2D eigenvalue weighted by molar-refractivity contribution is 6.02. The second-order valence-electron chi connectivity index (χ2n) is 11.0. The maximum atomic E-state index is 12.4. The minimum absolute atomic E-state index is 0.126. The quantitative estimate of drug-likeness (QED) is 0.0649. The molecule has 0 aliphatic rings. The van der Waals surface area contributed by atoms with Gasteiger partial charge in [-0.15, -0.1) is 0 Å². The number of carbonyl (C=O) groups is 2. The van der Waals surface area contributed by atoms with E-state index < -0.39 is 17.5 Å². The van der Waals surface area contributed by atoms with E-state index in [0.717, 1.165) is 38.5 Å². The van der Waals surface area contributed by atoms with Crippen molar-refractivity contribution in [3.05, 3.63) is 35.9 Å². The Morgan fingerprint density at radius 3 is 1.26 bits per heavy atom. The molecule has 0 aliphatic carbocycles. The highest BCUT2D eigenvalue weighted by Gasteiger charge is 2.52. The van der Waals surface area contributed by atoms with E-state index in [1.54, 1.807) is 23.3 Å². The number of rotatable bonds is 27. The van der Waals surface area contributed by atoms with Crippen LogP contribution in [0.4, 0.5) is 0 Å². The molecular weight excluding hydrogens is 490 g/mol. The number of nitrogens with zero attached hydrogens (tertiary/aromatic N) is 1. The normalized spacial score (nSPS) is 11.8. The molecule has 0 saturated heterocycles. The van der Waals surface area contributed by atoms with Crippen LogP contribution in [0.25, 0.3) is 0 Å². The zero-order chi connectivity index (χ0) is 28.6. The van der Waals surface area contributed by atoms with Crippen LogP contribution in [0.15, 0.2) is 30.3 Å². The smallest absolute Gasteiger partial charge is 0.354 e. The first kappa shape index (κ1) is 35.1. The Bertz CT molecular complexity index is 701. The van der Waals surface area contributed by atoms with Crippen LogP contribution in [0.3, 0.4) is 0 Å². The lowest BCUT2D eigenvalue weighted by atomic mass is 9.94. The van der Waals surface area contributed by atoms with Crippen molar-refractivity contribution in [2.45, 2.75) is 148 Å². The molecule has 0 bridgehead atoms. The average molecular weight is 548 g/mol. The molecular formula is C33H57NO5. The van der Waals surface area contributed by atoms with Crippen LogP contribution in [-0.2, 0) is 20.0 Å². The van der Waals surface area contributed by atoms with E-state index >= 15 is 0 Å². The third kappa shape index (κ3) is 14.9. The van der Waals surface area contributed by atoms with Gasteiger partial charge in [0.25, 0.3) is 0 Å². The van der Waals surface area contributed by atoms with Crippen molar-refractivity contribution in [1.29, 1.82) is 0 Å². The van der Waals surface area contributed by atoms with E-state index in [4.69, 9.17) is 4.84 Å². The van der Waals surface area contributed by atoms with Crippen LogP contribution in [0.2, 0.25) is 0 Å². The number of hydroxylamine groups is 2. The molecule has 0 aromatic heterocycles. The summed E-state index contributed by atoms with van der Waals surface area (Å²) in [6.07, 6.45) is 24.1. The lowest BCUT2D eigenvalue weighted by Crippen LogP contribution is -2.51. The van der Waals surface area contributed by atoms with E-state index in [1.807, 2.05) is 0 Å². The fourth-order valence-corrected chi connectivity index (χ4v) is 5.09. The van der Waals surface area contributed by atoms with Gasteiger partial charge in [0.2, 0.25) is 0 Å². The van der Waals surface area contributed by atoms with Crippen LogP contribution in [0.5, 0.6) is 0 Å². The second-order valence-corrected chi connectivity index (χ2v) is 11.0. The Kier molecular flexibility index (Phi) is 20.6. The average Bonchev–Trinajstić information content (AvgIpc) is 2.93. The molecule has 0 amide bonds. The van der Waals surface area contributed by atoms with Crippen molar-refractivity contribution in [2.75, 3.05) is 13.1 Å². The first-order valence-electron chi connectivity index (χ1n) is 15.9. The van der Waals surface area contributed by atoms with Crippen molar-refractivity contribution in [3.8, 4) is 0 Å². The first-order valence-corrected chi connectivity index (χ1v) is 15.9. The molecule has 39 heavy (non-hydrogen) atoms. The van der Waals surface area contributed by atoms with E-state index in [0.29, 0.717) is 13.1 Å². The summed E-state index contributed by atoms with van der Waals surface area (Å²) in [5.41, 5.74) is -2.32. The summed E-state index contributed by atoms with van der Waals surface area (Å²) in [7, 11) is 0. The number of hydrogen-bond donors (Lipinski definition) is 2. The Balaban J connectivity index is 2.61. The predicted octanol–water partition coefficient (Wildman–Crippen LogP) is 9.13. The summed E-state index contributed by atoms with van der Waals surface area (Å²) in [4.78, 5) is 30.6. The van der Waals surface area contributed by atoms with Crippen molar-refractivity contribution in [3.63, 3.8) is 0 Å². The third-order valence-corrected chi connectivity index (χ3v) is 7.57. The van der Waals surface area contributed by atoms with Crippen molar-refractivity contribution in [1.82, 2.24) is 5.06 Å². The molecule has 0 spiro atoms. The van der Waals surface area contributed by atoms with Gasteiger partial charge in [0, 0.05) is 18.7 Å². The maximum Gasteiger partial charge on any atom is 0.354 e. The molecule has 0 radical (unpaired) electrons. The second kappa shape index (κ2) is 22.9. The minimum atomic E-state index is -2.45. The SMILES string of the molecule is CCCCCCCCCCCCN(CCCCCCCCCCCC)OC(C(=O)O)(C(=O)O)c1ccccc1. The van der Waals surface area contributed by atoms with Gasteiger partial charge in [-0.1, -0.05) is 160 Å². The lowest BCUT2D eigenvalue weighted by Gasteiger charge is -2.32. The molecule has 1 aromatic carbocycles. The molecule has 0 heterocycles. The molecule has 0 fully saturated rings. The zero-order valence-electron chi connectivity index (χ0n) is 25.0.